The summed E-state index contributed by atoms with van der Waals surface area (Å²) >= 11 is 0. The van der Waals surface area contributed by atoms with Crippen molar-refractivity contribution in [3.63, 3.8) is 0 Å². The Kier molecular flexibility index (Phi) is 5.75. The molecule has 1 saturated heterocycles. The highest BCUT2D eigenvalue weighted by Crippen LogP contribution is 2.41. The number of ether oxygens (including phenoxy) is 2. The first kappa shape index (κ1) is 20.4. The van der Waals surface area contributed by atoms with Gasteiger partial charge < -0.3 is 14.6 Å². The average Bonchev–Trinajstić information content (AvgIpc) is 2.58. The maximum Gasteiger partial charge on any atom is 0.343 e. The topological polar surface area (TPSA) is 84.9 Å². The van der Waals surface area contributed by atoms with Gasteiger partial charge in [-0.25, -0.2) is 9.59 Å². The van der Waals surface area contributed by atoms with Crippen molar-refractivity contribution in [3.05, 3.63) is 29.3 Å². The normalized spacial score (nSPS) is 26.4. The van der Waals surface area contributed by atoms with Crippen molar-refractivity contribution >= 4 is 17.6 Å². The molecule has 2 rings (SSSR count). The van der Waals surface area contributed by atoms with Crippen molar-refractivity contribution in [2.45, 2.75) is 33.0 Å². The summed E-state index contributed by atoms with van der Waals surface area (Å²) in [5.41, 5.74) is 0.639. The number of likely N-dealkylation sites (N-methyl/N-ethyl adjacent to an activating group) is 1. The fourth-order valence-electron chi connectivity index (χ4n) is 4.30. The lowest BCUT2D eigenvalue weighted by molar-refractivity contribution is -0.0605. The van der Waals surface area contributed by atoms with Gasteiger partial charge in [0.1, 0.15) is 17.2 Å². The second-order valence-electron chi connectivity index (χ2n) is 7.91. The Morgan fingerprint density at radius 2 is 1.85 bits per heavy atom. The third kappa shape index (κ3) is 3.47. The van der Waals surface area contributed by atoms with Gasteiger partial charge >= 0.3 is 11.9 Å². The largest absolute Gasteiger partial charge is 0.477 e. The summed E-state index contributed by atoms with van der Waals surface area (Å²) in [4.78, 5) is 24.4. The van der Waals surface area contributed by atoms with Gasteiger partial charge in [-0.3, -0.25) is 9.80 Å². The summed E-state index contributed by atoms with van der Waals surface area (Å²) in [5.74, 6) is -1.60. The Bertz CT molecular complexity index is 698. The van der Waals surface area contributed by atoms with E-state index in [4.69, 9.17) is 9.47 Å². The lowest BCUT2D eigenvalue weighted by Crippen LogP contribution is -2.73. The highest BCUT2D eigenvalue weighted by molar-refractivity contribution is 6.03. The van der Waals surface area contributed by atoms with Crippen molar-refractivity contribution in [1.82, 2.24) is 9.80 Å². The number of carbonyl (C=O) groups excluding carboxylic acids is 1. The first-order chi connectivity index (χ1) is 12.1. The standard InChI is InChI=1S/C19H28N2O5/c1-19(2,3)15-16(25-5)20-10-11-21(15,4)14-12(17(22)23)8-7-9-13(14)18(24)26-6/h7-9,15-16,20H,10-11H2,1-6H3/p+1/t15-,16+,21?/m0/s1. The Balaban J connectivity index is 2.81. The van der Waals surface area contributed by atoms with Crippen LogP contribution in [0.1, 0.15) is 41.5 Å². The van der Waals surface area contributed by atoms with Gasteiger partial charge in [-0.15, -0.1) is 0 Å². The molecule has 2 N–H and O–H groups in total. The Morgan fingerprint density at radius 1 is 1.23 bits per heavy atom. The molecule has 0 saturated carbocycles. The van der Waals surface area contributed by atoms with E-state index in [0.29, 0.717) is 18.8 Å². The predicted octanol–water partition coefficient (Wildman–Crippen LogP) is 2.10. The van der Waals surface area contributed by atoms with E-state index in [1.54, 1.807) is 19.2 Å². The molecule has 1 aliphatic heterocycles. The van der Waals surface area contributed by atoms with E-state index in [2.05, 4.69) is 26.1 Å². The highest BCUT2D eigenvalue weighted by atomic mass is 16.5. The minimum absolute atomic E-state index is 0.112. The van der Waals surface area contributed by atoms with Gasteiger partial charge in [0.2, 0.25) is 0 Å². The SMILES string of the molecule is COC(=O)c1cccc(C(=O)O)c1[N+]1(C)CCN[C@H](OC)[C@H]1C(C)(C)C. The number of carbonyl (C=O) groups is 2. The van der Waals surface area contributed by atoms with Crippen molar-refractivity contribution in [1.29, 1.82) is 0 Å². The van der Waals surface area contributed by atoms with Crippen molar-refractivity contribution in [3.8, 4) is 0 Å². The number of hydrogen-bond donors (Lipinski definition) is 2. The maximum atomic E-state index is 12.4. The molecule has 0 aliphatic carbocycles. The van der Waals surface area contributed by atoms with Crippen LogP contribution in [0.15, 0.2) is 18.2 Å². The molecule has 1 fully saturated rings. The number of nitrogens with zero attached hydrogens (tertiary/aromatic N) is 1. The van der Waals surface area contributed by atoms with Crippen LogP contribution in [0.4, 0.5) is 5.69 Å². The molecule has 3 atom stereocenters. The summed E-state index contributed by atoms with van der Waals surface area (Å²) in [5, 5.41) is 13.2. The summed E-state index contributed by atoms with van der Waals surface area (Å²) in [6, 6.07) is 4.62. The van der Waals surface area contributed by atoms with Gasteiger partial charge in [-0.05, 0) is 12.1 Å². The smallest absolute Gasteiger partial charge is 0.343 e. The van der Waals surface area contributed by atoms with Gasteiger partial charge in [0.15, 0.2) is 11.9 Å². The monoisotopic (exact) mass is 365 g/mol. The number of esters is 1. The Morgan fingerprint density at radius 3 is 2.35 bits per heavy atom. The molecule has 0 spiro atoms. The quantitative estimate of drug-likeness (QED) is 0.628. The number of carboxylic acids is 1. The number of quaternary nitrogens is 1. The van der Waals surface area contributed by atoms with Crippen molar-refractivity contribution in [2.75, 3.05) is 34.4 Å². The summed E-state index contributed by atoms with van der Waals surface area (Å²) < 4.78 is 10.9. The Hall–Kier alpha value is -1.96. The third-order valence-electron chi connectivity index (χ3n) is 5.15. The Labute approximate surface area is 154 Å². The van der Waals surface area contributed by atoms with Crippen LogP contribution in [0.5, 0.6) is 0 Å². The number of aromatic carboxylic acids is 1. The van der Waals surface area contributed by atoms with Gasteiger partial charge in [0.25, 0.3) is 0 Å². The number of benzene rings is 1. The lowest BCUT2D eigenvalue weighted by atomic mass is 9.80. The molecule has 1 heterocycles. The van der Waals surface area contributed by atoms with E-state index < -0.39 is 11.9 Å². The molecule has 0 amide bonds. The number of para-hydroxylation sites is 1. The van der Waals surface area contributed by atoms with Crippen LogP contribution >= 0.6 is 0 Å². The first-order valence-electron chi connectivity index (χ1n) is 8.64. The minimum Gasteiger partial charge on any atom is -0.477 e. The third-order valence-corrected chi connectivity index (χ3v) is 5.15. The fraction of sp³-hybridized carbons (Fsp3) is 0.579. The van der Waals surface area contributed by atoms with Gasteiger partial charge in [0.05, 0.1) is 20.7 Å². The van der Waals surface area contributed by atoms with E-state index in [-0.39, 0.29) is 33.3 Å². The molecule has 1 aliphatic rings. The molecule has 7 heteroatoms. The maximum absolute atomic E-state index is 12.4. The van der Waals surface area contributed by atoms with Crippen molar-refractivity contribution in [2.24, 2.45) is 5.41 Å². The summed E-state index contributed by atoms with van der Waals surface area (Å²) in [6.07, 6.45) is -0.277. The predicted molar refractivity (Wildman–Crippen MR) is 99.4 cm³/mol. The molecule has 1 unspecified atom stereocenters. The van der Waals surface area contributed by atoms with E-state index in [1.165, 1.54) is 13.2 Å². The van der Waals surface area contributed by atoms with E-state index in [9.17, 15) is 14.7 Å². The van der Waals surface area contributed by atoms with Crippen LogP contribution < -0.4 is 9.80 Å². The zero-order chi connectivity index (χ0) is 19.7. The highest BCUT2D eigenvalue weighted by Gasteiger charge is 2.53. The number of methoxy groups -OCH3 is 2. The van der Waals surface area contributed by atoms with Gasteiger partial charge in [-0.1, -0.05) is 26.8 Å². The van der Waals surface area contributed by atoms with Crippen molar-refractivity contribution < 1.29 is 24.2 Å². The lowest BCUT2D eigenvalue weighted by Gasteiger charge is -2.53. The second-order valence-corrected chi connectivity index (χ2v) is 7.91. The van der Waals surface area contributed by atoms with E-state index >= 15 is 0 Å². The zero-order valence-electron chi connectivity index (χ0n) is 16.3. The summed E-state index contributed by atoms with van der Waals surface area (Å²) in [6.45, 7) is 7.53. The first-order valence-corrected chi connectivity index (χ1v) is 8.64. The van der Waals surface area contributed by atoms with Crippen LogP contribution in [0.3, 0.4) is 0 Å². The van der Waals surface area contributed by atoms with Crippen LogP contribution in [0, 0.1) is 5.41 Å². The van der Waals surface area contributed by atoms with Crippen LogP contribution in [0.2, 0.25) is 0 Å². The molecule has 144 valence electrons. The number of piperazine rings is 1. The average molecular weight is 365 g/mol. The van der Waals surface area contributed by atoms with Gasteiger partial charge in [0, 0.05) is 19.1 Å². The molecular weight excluding hydrogens is 336 g/mol. The molecular formula is C19H29N2O5+. The molecule has 1 aromatic carbocycles. The fourth-order valence-corrected chi connectivity index (χ4v) is 4.30. The number of rotatable bonds is 4. The number of nitrogens with one attached hydrogen (secondary N) is 1. The molecule has 0 bridgehead atoms. The molecule has 0 aromatic heterocycles. The molecule has 26 heavy (non-hydrogen) atoms. The molecule has 7 nitrogen and oxygen atoms in total. The molecule has 0 radical (unpaired) electrons. The van der Waals surface area contributed by atoms with E-state index in [0.717, 1.165) is 0 Å². The number of carboxylic acid groups (broad SMARTS) is 1. The summed E-state index contributed by atoms with van der Waals surface area (Å²) in [7, 11) is 4.91. The minimum atomic E-state index is -1.06. The van der Waals surface area contributed by atoms with Crippen LogP contribution in [-0.2, 0) is 9.47 Å². The molecule has 1 aromatic rings. The van der Waals surface area contributed by atoms with Crippen LogP contribution in [0.25, 0.3) is 0 Å². The van der Waals surface area contributed by atoms with E-state index in [1.807, 2.05) is 7.05 Å². The van der Waals surface area contributed by atoms with Gasteiger partial charge in [-0.2, -0.15) is 0 Å². The zero-order valence-corrected chi connectivity index (χ0v) is 16.3. The van der Waals surface area contributed by atoms with Crippen LogP contribution in [-0.4, -0.2) is 63.7 Å². The number of hydrogen-bond acceptors (Lipinski definition) is 5. The second kappa shape index (κ2) is 7.34.